The van der Waals surface area contributed by atoms with Crippen molar-refractivity contribution < 1.29 is 9.90 Å². The van der Waals surface area contributed by atoms with Gasteiger partial charge in [0.25, 0.3) is 0 Å². The van der Waals surface area contributed by atoms with Gasteiger partial charge in [0.1, 0.15) is 0 Å². The lowest BCUT2D eigenvalue weighted by Gasteiger charge is -2.29. The van der Waals surface area contributed by atoms with Crippen LogP contribution in [0.25, 0.3) is 10.4 Å². The average molecular weight is 356 g/mol. The number of carboxylic acid groups (broad SMARTS) is 1. The van der Waals surface area contributed by atoms with Crippen LogP contribution in [0.2, 0.25) is 0 Å². The maximum Gasteiger partial charge on any atom is 0.337 e. The third-order valence-corrected chi connectivity index (χ3v) is 6.85. The maximum absolute atomic E-state index is 12.1. The Labute approximate surface area is 152 Å². The fraction of sp³-hybridized carbons (Fsp3) is 0.450. The first-order chi connectivity index (χ1) is 11.9. The summed E-state index contributed by atoms with van der Waals surface area (Å²) in [4.78, 5) is 14.3. The van der Waals surface area contributed by atoms with Crippen LogP contribution in [0.1, 0.15) is 52.2 Å². The molecule has 2 aliphatic rings. The van der Waals surface area contributed by atoms with Gasteiger partial charge in [0.05, 0.1) is 5.56 Å². The molecule has 0 spiro atoms. The number of nitrogens with zero attached hydrogens (tertiary/aromatic N) is 1. The molecule has 25 heavy (non-hydrogen) atoms. The van der Waals surface area contributed by atoms with Gasteiger partial charge in [0, 0.05) is 22.8 Å². The van der Waals surface area contributed by atoms with Crippen LogP contribution in [0.3, 0.4) is 0 Å². The van der Waals surface area contributed by atoms with Crippen LogP contribution >= 0.6 is 11.3 Å². The van der Waals surface area contributed by atoms with Gasteiger partial charge < -0.3 is 5.11 Å². The van der Waals surface area contributed by atoms with Crippen LogP contribution in [0.5, 0.6) is 0 Å². The topological polar surface area (TPSA) is 66.6 Å². The minimum absolute atomic E-state index is 0.172. The lowest BCUT2D eigenvalue weighted by Crippen LogP contribution is -2.36. The quantitative estimate of drug-likeness (QED) is 0.802. The smallest absolute Gasteiger partial charge is 0.337 e. The van der Waals surface area contributed by atoms with E-state index in [0.29, 0.717) is 5.56 Å². The summed E-state index contributed by atoms with van der Waals surface area (Å²) < 4.78 is 0. The van der Waals surface area contributed by atoms with E-state index in [2.05, 4.69) is 26.0 Å². The Bertz CT molecular complexity index is 854. The number of carboxylic acids is 1. The number of hydrazine groups is 1. The van der Waals surface area contributed by atoms with Gasteiger partial charge in [-0.05, 0) is 53.4 Å². The molecule has 0 saturated carbocycles. The Morgan fingerprint density at radius 2 is 2.08 bits per heavy atom. The first-order valence-corrected chi connectivity index (χ1v) is 9.66. The van der Waals surface area contributed by atoms with Gasteiger partial charge in [-0.25, -0.2) is 9.80 Å². The molecule has 0 atom stereocenters. The number of thiophene rings is 1. The van der Waals surface area contributed by atoms with Crippen molar-refractivity contribution in [3.8, 4) is 10.4 Å². The second kappa shape index (κ2) is 5.94. The highest BCUT2D eigenvalue weighted by molar-refractivity contribution is 7.16. The summed E-state index contributed by atoms with van der Waals surface area (Å²) in [5, 5.41) is 11.8. The summed E-state index contributed by atoms with van der Waals surface area (Å²) in [6, 6.07) is 6.22. The predicted octanol–water partition coefficient (Wildman–Crippen LogP) is 3.86. The summed E-state index contributed by atoms with van der Waals surface area (Å²) in [6.07, 6.45) is 3.83. The SMILES string of the molecule is CC1(C)CCc2sc(-c3cccc4c3CCN(N)C4)c(C(=O)O)c2C1. The van der Waals surface area contributed by atoms with Crippen molar-refractivity contribution >= 4 is 17.3 Å². The van der Waals surface area contributed by atoms with E-state index < -0.39 is 5.97 Å². The zero-order chi connectivity index (χ0) is 17.8. The van der Waals surface area contributed by atoms with Crippen molar-refractivity contribution in [2.24, 2.45) is 11.3 Å². The van der Waals surface area contributed by atoms with E-state index in [-0.39, 0.29) is 5.41 Å². The molecule has 132 valence electrons. The van der Waals surface area contributed by atoms with Gasteiger partial charge >= 0.3 is 5.97 Å². The normalized spacial score (nSPS) is 19.3. The third kappa shape index (κ3) is 2.90. The summed E-state index contributed by atoms with van der Waals surface area (Å²) >= 11 is 1.69. The number of aromatic carboxylic acids is 1. The van der Waals surface area contributed by atoms with Crippen molar-refractivity contribution in [2.45, 2.75) is 46.1 Å². The number of hydrogen-bond acceptors (Lipinski definition) is 4. The van der Waals surface area contributed by atoms with E-state index in [1.54, 1.807) is 11.3 Å². The van der Waals surface area contributed by atoms with Crippen LogP contribution in [-0.2, 0) is 25.8 Å². The first kappa shape index (κ1) is 16.8. The van der Waals surface area contributed by atoms with Crippen molar-refractivity contribution in [2.75, 3.05) is 6.54 Å². The van der Waals surface area contributed by atoms with Crippen molar-refractivity contribution in [3.63, 3.8) is 0 Å². The number of fused-ring (bicyclic) bond motifs is 2. The average Bonchev–Trinajstić information content (AvgIpc) is 2.91. The van der Waals surface area contributed by atoms with E-state index in [9.17, 15) is 9.90 Å². The molecule has 0 saturated heterocycles. The first-order valence-electron chi connectivity index (χ1n) is 8.84. The molecule has 1 aliphatic heterocycles. The Kier molecular flexibility index (Phi) is 3.98. The summed E-state index contributed by atoms with van der Waals surface area (Å²) in [7, 11) is 0. The molecular formula is C20H24N2O2S. The van der Waals surface area contributed by atoms with Gasteiger partial charge in [-0.3, -0.25) is 5.84 Å². The monoisotopic (exact) mass is 356 g/mol. The lowest BCUT2D eigenvalue weighted by molar-refractivity contribution is 0.0696. The molecule has 3 N–H and O–H groups in total. The van der Waals surface area contributed by atoms with E-state index in [1.807, 2.05) is 11.1 Å². The highest BCUT2D eigenvalue weighted by Gasteiger charge is 2.33. The molecule has 4 rings (SSSR count). The lowest BCUT2D eigenvalue weighted by atomic mass is 9.75. The summed E-state index contributed by atoms with van der Waals surface area (Å²) in [6.45, 7) is 6.01. The standard InChI is InChI=1S/C20H24N2O2S/c1-20(2)8-6-16-15(10-20)17(19(23)24)18(25-16)14-5-3-4-12-11-22(21)9-7-13(12)14/h3-5H,6-11,21H2,1-2H3,(H,23,24). The number of nitrogens with two attached hydrogens (primary N) is 1. The van der Waals surface area contributed by atoms with Gasteiger partial charge in [0.15, 0.2) is 0 Å². The molecule has 0 unspecified atom stereocenters. The molecule has 0 radical (unpaired) electrons. The molecule has 4 nitrogen and oxygen atoms in total. The van der Waals surface area contributed by atoms with E-state index in [4.69, 9.17) is 5.84 Å². The minimum atomic E-state index is -0.793. The third-order valence-electron chi connectivity index (χ3n) is 5.53. The molecule has 0 bridgehead atoms. The highest BCUT2D eigenvalue weighted by atomic mass is 32.1. The van der Waals surface area contributed by atoms with Gasteiger partial charge in [-0.2, -0.15) is 0 Å². The molecule has 0 amide bonds. The molecule has 2 aromatic rings. The van der Waals surface area contributed by atoms with E-state index in [1.165, 1.54) is 16.0 Å². The van der Waals surface area contributed by atoms with Gasteiger partial charge in [-0.1, -0.05) is 32.0 Å². The Balaban J connectivity index is 1.89. The van der Waals surface area contributed by atoms with E-state index >= 15 is 0 Å². The number of hydrogen-bond donors (Lipinski definition) is 2. The van der Waals surface area contributed by atoms with Crippen molar-refractivity contribution in [1.82, 2.24) is 5.01 Å². The largest absolute Gasteiger partial charge is 0.478 e. The summed E-state index contributed by atoms with van der Waals surface area (Å²) in [5.74, 6) is 5.18. The second-order valence-corrected chi connectivity index (χ2v) is 9.12. The van der Waals surface area contributed by atoms with Crippen LogP contribution in [0, 0.1) is 5.41 Å². The molecular weight excluding hydrogens is 332 g/mol. The second-order valence-electron chi connectivity index (χ2n) is 8.02. The van der Waals surface area contributed by atoms with Crippen molar-refractivity contribution in [3.05, 3.63) is 45.3 Å². The van der Waals surface area contributed by atoms with Crippen LogP contribution in [-0.4, -0.2) is 22.6 Å². The molecule has 5 heteroatoms. The Hall–Kier alpha value is -1.69. The van der Waals surface area contributed by atoms with Gasteiger partial charge in [0.2, 0.25) is 0 Å². The van der Waals surface area contributed by atoms with Gasteiger partial charge in [-0.15, -0.1) is 11.3 Å². The number of rotatable bonds is 2. The summed E-state index contributed by atoms with van der Waals surface area (Å²) in [5.41, 5.74) is 5.36. The van der Waals surface area contributed by atoms with Crippen LogP contribution in [0.4, 0.5) is 0 Å². The van der Waals surface area contributed by atoms with Crippen LogP contribution < -0.4 is 5.84 Å². The number of benzene rings is 1. The van der Waals surface area contributed by atoms with Crippen LogP contribution in [0.15, 0.2) is 18.2 Å². The molecule has 1 aliphatic carbocycles. The fourth-order valence-corrected chi connectivity index (χ4v) is 5.54. The minimum Gasteiger partial charge on any atom is -0.478 e. The number of carbonyl (C=O) groups is 1. The molecule has 2 heterocycles. The van der Waals surface area contributed by atoms with E-state index in [0.717, 1.165) is 54.8 Å². The van der Waals surface area contributed by atoms with Crippen molar-refractivity contribution in [1.29, 1.82) is 0 Å². The molecule has 1 aromatic heterocycles. The molecule has 0 fully saturated rings. The fourth-order valence-electron chi connectivity index (χ4n) is 4.18. The maximum atomic E-state index is 12.1. The Morgan fingerprint density at radius 1 is 1.28 bits per heavy atom. The zero-order valence-corrected chi connectivity index (χ0v) is 15.6. The predicted molar refractivity (Wildman–Crippen MR) is 101 cm³/mol. The zero-order valence-electron chi connectivity index (χ0n) is 14.8. The Morgan fingerprint density at radius 3 is 2.84 bits per heavy atom. The highest BCUT2D eigenvalue weighted by Crippen LogP contribution is 2.46. The molecule has 1 aromatic carbocycles. The number of aryl methyl sites for hydroxylation is 1.